The average Bonchev–Trinajstić information content (AvgIpc) is 2.98. The molecular weight excluding hydrogens is 490 g/mol. The van der Waals surface area contributed by atoms with Crippen LogP contribution in [0.15, 0.2) is 85.1 Å². The van der Waals surface area contributed by atoms with Gasteiger partial charge in [-0.3, -0.25) is 4.98 Å². The van der Waals surface area contributed by atoms with Crippen molar-refractivity contribution < 1.29 is 0 Å². The van der Waals surface area contributed by atoms with E-state index in [1.165, 1.54) is 42.0 Å². The molecule has 40 heavy (non-hydrogen) atoms. The SMILES string of the molecule is CC1(c2ccc(-c3nc(-c4cccc(C#N)c4)nc(-c4ccccn4)n3)c3ccccc23)C[C@H]2C[C@H]3C[C@@H](C1)C32. The summed E-state index contributed by atoms with van der Waals surface area (Å²) in [7, 11) is 0. The highest BCUT2D eigenvalue weighted by Gasteiger charge is 2.59. The van der Waals surface area contributed by atoms with Crippen molar-refractivity contribution in [2.45, 2.75) is 38.0 Å². The fraction of sp³-hybridized carbons (Fsp3) is 0.286. The molecule has 5 atom stereocenters. The lowest BCUT2D eigenvalue weighted by Crippen LogP contribution is -2.58. The molecule has 2 aromatic heterocycles. The van der Waals surface area contributed by atoms with E-state index in [0.29, 0.717) is 28.7 Å². The van der Waals surface area contributed by atoms with Crippen molar-refractivity contribution in [3.63, 3.8) is 0 Å². The highest BCUT2D eigenvalue weighted by Crippen LogP contribution is 2.67. The number of fused-ring (bicyclic) bond motifs is 1. The molecule has 8 rings (SSSR count). The number of aromatic nitrogens is 4. The van der Waals surface area contributed by atoms with Gasteiger partial charge in [0.1, 0.15) is 5.69 Å². The van der Waals surface area contributed by atoms with Crippen LogP contribution in [0.1, 0.15) is 43.7 Å². The van der Waals surface area contributed by atoms with Crippen molar-refractivity contribution >= 4 is 10.8 Å². The number of hydrogen-bond donors (Lipinski definition) is 0. The van der Waals surface area contributed by atoms with Crippen LogP contribution in [0.2, 0.25) is 0 Å². The first-order valence-corrected chi connectivity index (χ1v) is 14.3. The molecule has 0 bridgehead atoms. The van der Waals surface area contributed by atoms with E-state index in [0.717, 1.165) is 34.8 Å². The summed E-state index contributed by atoms with van der Waals surface area (Å²) >= 11 is 0. The molecule has 0 saturated heterocycles. The number of benzene rings is 3. The normalized spacial score (nSPS) is 26.3. The molecule has 0 spiro atoms. The molecule has 3 aromatic carbocycles. The summed E-state index contributed by atoms with van der Waals surface area (Å²) in [5.74, 6) is 5.50. The van der Waals surface area contributed by atoms with Gasteiger partial charge in [0.2, 0.25) is 0 Å². The molecule has 0 aliphatic heterocycles. The number of rotatable bonds is 4. The quantitative estimate of drug-likeness (QED) is 0.244. The first kappa shape index (κ1) is 23.5. The number of pyridine rings is 1. The van der Waals surface area contributed by atoms with Crippen LogP contribution in [0.3, 0.4) is 0 Å². The van der Waals surface area contributed by atoms with Gasteiger partial charge in [0.25, 0.3) is 0 Å². The summed E-state index contributed by atoms with van der Waals surface area (Å²) in [6.07, 6.45) is 7.21. The number of nitrogens with zero attached hydrogens (tertiary/aromatic N) is 5. The molecule has 3 aliphatic rings. The summed E-state index contributed by atoms with van der Waals surface area (Å²) in [6.45, 7) is 2.50. The van der Waals surface area contributed by atoms with Crippen molar-refractivity contribution in [2.24, 2.45) is 23.7 Å². The van der Waals surface area contributed by atoms with E-state index in [-0.39, 0.29) is 5.41 Å². The van der Waals surface area contributed by atoms with Crippen LogP contribution in [0, 0.1) is 35.0 Å². The van der Waals surface area contributed by atoms with Crippen LogP contribution < -0.4 is 0 Å². The lowest BCUT2D eigenvalue weighted by molar-refractivity contribution is -0.141. The molecular formula is C35H29N5. The first-order valence-electron chi connectivity index (χ1n) is 14.3. The fourth-order valence-corrected chi connectivity index (χ4v) is 8.15. The minimum absolute atomic E-state index is 0.191. The van der Waals surface area contributed by atoms with Gasteiger partial charge in [0.15, 0.2) is 17.5 Å². The zero-order valence-electron chi connectivity index (χ0n) is 22.5. The molecule has 3 fully saturated rings. The van der Waals surface area contributed by atoms with Gasteiger partial charge in [-0.25, -0.2) is 15.0 Å². The summed E-state index contributed by atoms with van der Waals surface area (Å²) in [5, 5.41) is 11.9. The minimum Gasteiger partial charge on any atom is -0.253 e. The highest BCUT2D eigenvalue weighted by molar-refractivity contribution is 5.98. The Kier molecular flexibility index (Phi) is 5.16. The van der Waals surface area contributed by atoms with Crippen molar-refractivity contribution in [3.05, 3.63) is 96.2 Å². The Morgan fingerprint density at radius 1 is 0.750 bits per heavy atom. The van der Waals surface area contributed by atoms with Gasteiger partial charge in [-0.05, 0) is 95.4 Å². The molecule has 2 heterocycles. The van der Waals surface area contributed by atoms with Crippen LogP contribution in [-0.4, -0.2) is 19.9 Å². The van der Waals surface area contributed by atoms with E-state index in [9.17, 15) is 5.26 Å². The zero-order chi connectivity index (χ0) is 26.8. The van der Waals surface area contributed by atoms with Crippen LogP contribution in [0.4, 0.5) is 0 Å². The molecule has 3 saturated carbocycles. The monoisotopic (exact) mass is 519 g/mol. The second-order valence-electron chi connectivity index (χ2n) is 12.2. The Hall–Kier alpha value is -4.43. The molecule has 5 heteroatoms. The molecule has 0 radical (unpaired) electrons. The summed E-state index contributed by atoms with van der Waals surface area (Å²) in [5.41, 5.74) is 4.68. The molecule has 0 N–H and O–H groups in total. The van der Waals surface area contributed by atoms with Gasteiger partial charge in [-0.15, -0.1) is 0 Å². The molecule has 2 unspecified atom stereocenters. The van der Waals surface area contributed by atoms with Crippen molar-refractivity contribution in [2.75, 3.05) is 0 Å². The van der Waals surface area contributed by atoms with Crippen molar-refractivity contribution in [1.29, 1.82) is 5.26 Å². The third kappa shape index (κ3) is 3.59. The zero-order valence-corrected chi connectivity index (χ0v) is 22.5. The maximum absolute atomic E-state index is 9.49. The van der Waals surface area contributed by atoms with Crippen LogP contribution >= 0.6 is 0 Å². The third-order valence-electron chi connectivity index (χ3n) is 9.86. The van der Waals surface area contributed by atoms with Gasteiger partial charge in [-0.1, -0.05) is 61.5 Å². The Morgan fingerprint density at radius 2 is 1.50 bits per heavy atom. The van der Waals surface area contributed by atoms with Crippen LogP contribution in [0.25, 0.3) is 45.1 Å². The Morgan fingerprint density at radius 3 is 2.25 bits per heavy atom. The van der Waals surface area contributed by atoms with Crippen molar-refractivity contribution in [1.82, 2.24) is 19.9 Å². The summed E-state index contributed by atoms with van der Waals surface area (Å²) in [6, 6.07) is 28.7. The largest absolute Gasteiger partial charge is 0.253 e. The van der Waals surface area contributed by atoms with E-state index >= 15 is 0 Å². The maximum atomic E-state index is 9.49. The van der Waals surface area contributed by atoms with E-state index in [2.05, 4.69) is 54.4 Å². The molecule has 5 aromatic rings. The van der Waals surface area contributed by atoms with Gasteiger partial charge >= 0.3 is 0 Å². The standard InChI is InChI=1S/C35H29N5/c1-35(18-24-16-23-17-25(19-35)31(23)24)29-13-12-28(26-9-2-3-10-27(26)29)33-38-32(22-8-6-7-21(15-22)20-36)39-34(40-33)30-11-4-5-14-37-30/h2-15,23-25,31H,16-19H2,1H3/t23-,24+,25-,31?,35?. The van der Waals surface area contributed by atoms with Gasteiger partial charge in [0, 0.05) is 17.3 Å². The predicted octanol–water partition coefficient (Wildman–Crippen LogP) is 7.62. The lowest BCUT2D eigenvalue weighted by Gasteiger charge is -2.65. The fourth-order valence-electron chi connectivity index (χ4n) is 8.15. The average molecular weight is 520 g/mol. The number of hydrogen-bond acceptors (Lipinski definition) is 5. The van der Waals surface area contributed by atoms with Gasteiger partial charge in [0.05, 0.1) is 11.6 Å². The van der Waals surface area contributed by atoms with Gasteiger partial charge in [-0.2, -0.15) is 5.26 Å². The van der Waals surface area contributed by atoms with Gasteiger partial charge < -0.3 is 0 Å². The van der Waals surface area contributed by atoms with Crippen molar-refractivity contribution in [3.8, 4) is 40.4 Å². The van der Waals surface area contributed by atoms with E-state index in [4.69, 9.17) is 15.0 Å². The Bertz CT molecular complexity index is 1810. The molecule has 5 nitrogen and oxygen atoms in total. The first-order chi connectivity index (χ1) is 19.6. The lowest BCUT2D eigenvalue weighted by atomic mass is 9.39. The minimum atomic E-state index is 0.191. The summed E-state index contributed by atoms with van der Waals surface area (Å²) in [4.78, 5) is 19.2. The predicted molar refractivity (Wildman–Crippen MR) is 156 cm³/mol. The van der Waals surface area contributed by atoms with E-state index in [1.807, 2.05) is 36.4 Å². The smallest absolute Gasteiger partial charge is 0.182 e. The summed E-state index contributed by atoms with van der Waals surface area (Å²) < 4.78 is 0. The second-order valence-corrected chi connectivity index (χ2v) is 12.2. The van der Waals surface area contributed by atoms with Crippen LogP contribution in [-0.2, 0) is 5.41 Å². The van der Waals surface area contributed by atoms with Crippen LogP contribution in [0.5, 0.6) is 0 Å². The Balaban J connectivity index is 1.29. The third-order valence-corrected chi connectivity index (χ3v) is 9.86. The molecule has 0 amide bonds. The molecule has 3 aliphatic carbocycles. The Labute approximate surface area is 234 Å². The highest BCUT2D eigenvalue weighted by atomic mass is 15.0. The maximum Gasteiger partial charge on any atom is 0.182 e. The number of nitriles is 1. The van der Waals surface area contributed by atoms with E-state index in [1.54, 1.807) is 12.3 Å². The molecule has 194 valence electrons. The second kappa shape index (κ2) is 8.79. The van der Waals surface area contributed by atoms with E-state index < -0.39 is 0 Å². The topological polar surface area (TPSA) is 75.3 Å².